The second-order valence-electron chi connectivity index (χ2n) is 5.93. The molecule has 0 aliphatic rings. The monoisotopic (exact) mass is 372 g/mol. The van der Waals surface area contributed by atoms with Gasteiger partial charge < -0.3 is 10.2 Å². The van der Waals surface area contributed by atoms with Gasteiger partial charge in [0.2, 0.25) is 0 Å². The molecule has 0 unspecified atom stereocenters. The Bertz CT molecular complexity index is 212. The minimum absolute atomic E-state index is 0.434. The molecule has 128 valence electrons. The summed E-state index contributed by atoms with van der Waals surface area (Å²) in [4.78, 5) is 0. The Balaban J connectivity index is 4.80. The second-order valence-corrected chi connectivity index (χ2v) is 7.72. The molecule has 0 aromatic rings. The van der Waals surface area contributed by atoms with Gasteiger partial charge in [-0.25, -0.2) is 0 Å². The van der Waals surface area contributed by atoms with Crippen LogP contribution in [0.5, 0.6) is 0 Å². The lowest BCUT2D eigenvalue weighted by molar-refractivity contribution is -0.0808. The second kappa shape index (κ2) is 12.7. The molecule has 0 saturated heterocycles. The molecule has 0 fully saturated rings. The van der Waals surface area contributed by atoms with Crippen LogP contribution in [0, 0.1) is 0 Å². The Morgan fingerprint density at radius 3 is 0.952 bits per heavy atom. The normalized spacial score (nSPS) is 12.9. The first-order chi connectivity index (χ1) is 9.95. The zero-order valence-electron chi connectivity index (χ0n) is 12.9. The van der Waals surface area contributed by atoms with Crippen LogP contribution >= 0.6 is 50.5 Å². The van der Waals surface area contributed by atoms with Crippen LogP contribution in [0.3, 0.4) is 0 Å². The SMILES string of the molecule is OC(CCCS)(CCCS)CC(O)(CCCS)CCCS. The molecule has 0 spiro atoms. The summed E-state index contributed by atoms with van der Waals surface area (Å²) in [5.41, 5.74) is -1.62. The Morgan fingerprint density at radius 1 is 0.524 bits per heavy atom. The summed E-state index contributed by atoms with van der Waals surface area (Å²) in [5, 5.41) is 21.9. The van der Waals surface area contributed by atoms with Crippen molar-refractivity contribution in [3.63, 3.8) is 0 Å². The van der Waals surface area contributed by atoms with Crippen LogP contribution in [0.25, 0.3) is 0 Å². The molecule has 0 aliphatic carbocycles. The fourth-order valence-electron chi connectivity index (χ4n) is 2.85. The lowest BCUT2D eigenvalue weighted by Crippen LogP contribution is -2.42. The third-order valence-electron chi connectivity index (χ3n) is 3.86. The molecule has 2 nitrogen and oxygen atoms in total. The standard InChI is InChI=1S/C15H32O2S4/c16-14(5-1-9-18,6-2-10-19)13-15(17,7-3-11-20)8-4-12-21/h16-21H,1-13H2. The number of thiol groups is 4. The van der Waals surface area contributed by atoms with Crippen molar-refractivity contribution in [2.75, 3.05) is 23.0 Å². The van der Waals surface area contributed by atoms with Crippen LogP contribution in [0.1, 0.15) is 57.8 Å². The zero-order chi connectivity index (χ0) is 16.2. The van der Waals surface area contributed by atoms with Gasteiger partial charge in [0.05, 0.1) is 11.2 Å². The van der Waals surface area contributed by atoms with Crippen LogP contribution in [0.2, 0.25) is 0 Å². The fourth-order valence-corrected chi connectivity index (χ4v) is 3.48. The van der Waals surface area contributed by atoms with E-state index in [4.69, 9.17) is 0 Å². The van der Waals surface area contributed by atoms with Gasteiger partial charge in [0.25, 0.3) is 0 Å². The fraction of sp³-hybridized carbons (Fsp3) is 1.00. The van der Waals surface area contributed by atoms with E-state index in [0.717, 1.165) is 48.7 Å². The summed E-state index contributed by atoms with van der Waals surface area (Å²) in [5.74, 6) is 3.04. The molecule has 0 bridgehead atoms. The van der Waals surface area contributed by atoms with Gasteiger partial charge in [-0.05, 0) is 74.4 Å². The van der Waals surface area contributed by atoms with Crippen molar-refractivity contribution in [1.29, 1.82) is 0 Å². The maximum Gasteiger partial charge on any atom is 0.0675 e. The Kier molecular flexibility index (Phi) is 13.5. The third-order valence-corrected chi connectivity index (χ3v) is 5.12. The van der Waals surface area contributed by atoms with Crippen LogP contribution in [0.4, 0.5) is 0 Å². The highest BCUT2D eigenvalue weighted by atomic mass is 32.1. The summed E-state index contributed by atoms with van der Waals surface area (Å²) in [6.45, 7) is 0. The highest BCUT2D eigenvalue weighted by molar-refractivity contribution is 7.80. The maximum atomic E-state index is 10.9. The van der Waals surface area contributed by atoms with E-state index in [-0.39, 0.29) is 0 Å². The van der Waals surface area contributed by atoms with Gasteiger partial charge in [0.15, 0.2) is 0 Å². The maximum absolute atomic E-state index is 10.9. The van der Waals surface area contributed by atoms with Gasteiger partial charge in [0, 0.05) is 6.42 Å². The summed E-state index contributed by atoms with van der Waals surface area (Å²) < 4.78 is 0. The Morgan fingerprint density at radius 2 is 0.762 bits per heavy atom. The van der Waals surface area contributed by atoms with E-state index in [2.05, 4.69) is 50.5 Å². The van der Waals surface area contributed by atoms with E-state index in [1.54, 1.807) is 0 Å². The molecule has 0 heterocycles. The molecule has 0 radical (unpaired) electrons. The number of aliphatic hydroxyl groups is 2. The lowest BCUT2D eigenvalue weighted by atomic mass is 9.77. The average molecular weight is 373 g/mol. The van der Waals surface area contributed by atoms with Gasteiger partial charge in [0.1, 0.15) is 0 Å². The third kappa shape index (κ3) is 10.7. The number of hydrogen-bond donors (Lipinski definition) is 6. The van der Waals surface area contributed by atoms with Crippen LogP contribution < -0.4 is 0 Å². The smallest absolute Gasteiger partial charge is 0.0675 e. The quantitative estimate of drug-likeness (QED) is 0.263. The van der Waals surface area contributed by atoms with Crippen molar-refractivity contribution < 1.29 is 10.2 Å². The molecule has 0 rings (SSSR count). The number of rotatable bonds is 14. The Labute approximate surface area is 152 Å². The van der Waals surface area contributed by atoms with Gasteiger partial charge in [-0.15, -0.1) is 0 Å². The van der Waals surface area contributed by atoms with Crippen LogP contribution in [-0.4, -0.2) is 44.4 Å². The molecule has 0 atom stereocenters. The molecule has 21 heavy (non-hydrogen) atoms. The van der Waals surface area contributed by atoms with E-state index in [1.165, 1.54) is 0 Å². The lowest BCUT2D eigenvalue weighted by Gasteiger charge is -2.38. The van der Waals surface area contributed by atoms with Crippen LogP contribution in [-0.2, 0) is 0 Å². The predicted octanol–water partition coefficient (Wildman–Crippen LogP) is 3.68. The summed E-state index contributed by atoms with van der Waals surface area (Å²) in [6.07, 6.45) is 6.64. The zero-order valence-corrected chi connectivity index (χ0v) is 16.5. The van der Waals surface area contributed by atoms with Gasteiger partial charge in [-0.3, -0.25) is 0 Å². The van der Waals surface area contributed by atoms with E-state index in [9.17, 15) is 10.2 Å². The highest BCUT2D eigenvalue weighted by Gasteiger charge is 2.37. The largest absolute Gasteiger partial charge is 0.390 e. The summed E-state index contributed by atoms with van der Waals surface area (Å²) in [6, 6.07) is 0. The minimum atomic E-state index is -0.812. The van der Waals surface area contributed by atoms with Crippen molar-refractivity contribution in [2.24, 2.45) is 0 Å². The van der Waals surface area contributed by atoms with Crippen molar-refractivity contribution in [3.8, 4) is 0 Å². The molecule has 0 aliphatic heterocycles. The molecule has 0 saturated carbocycles. The summed E-state index contributed by atoms with van der Waals surface area (Å²) in [7, 11) is 0. The van der Waals surface area contributed by atoms with E-state index in [0.29, 0.717) is 32.1 Å². The van der Waals surface area contributed by atoms with Crippen molar-refractivity contribution in [3.05, 3.63) is 0 Å². The molecule has 0 amide bonds. The van der Waals surface area contributed by atoms with E-state index < -0.39 is 11.2 Å². The minimum Gasteiger partial charge on any atom is -0.390 e. The predicted molar refractivity (Wildman–Crippen MR) is 107 cm³/mol. The highest BCUT2D eigenvalue weighted by Crippen LogP contribution is 2.35. The first-order valence-corrected chi connectivity index (χ1v) is 10.4. The van der Waals surface area contributed by atoms with E-state index in [1.807, 2.05) is 0 Å². The Hall–Kier alpha value is 1.32. The molecule has 6 heteroatoms. The molecule has 2 N–H and O–H groups in total. The van der Waals surface area contributed by atoms with Gasteiger partial charge in [-0.2, -0.15) is 50.5 Å². The van der Waals surface area contributed by atoms with Crippen LogP contribution in [0.15, 0.2) is 0 Å². The molecule has 0 aromatic carbocycles. The first-order valence-electron chi connectivity index (χ1n) is 7.83. The van der Waals surface area contributed by atoms with E-state index >= 15 is 0 Å². The van der Waals surface area contributed by atoms with Gasteiger partial charge in [-0.1, -0.05) is 0 Å². The molecular formula is C15H32O2S4. The molecule has 0 aromatic heterocycles. The van der Waals surface area contributed by atoms with Crippen molar-refractivity contribution >= 4 is 50.5 Å². The first kappa shape index (κ1) is 22.3. The summed E-state index contributed by atoms with van der Waals surface area (Å²) >= 11 is 17.0. The average Bonchev–Trinajstić information content (AvgIpc) is 2.47. The molecular weight excluding hydrogens is 340 g/mol. The van der Waals surface area contributed by atoms with Crippen molar-refractivity contribution in [1.82, 2.24) is 0 Å². The van der Waals surface area contributed by atoms with Gasteiger partial charge >= 0.3 is 0 Å². The topological polar surface area (TPSA) is 40.5 Å². The van der Waals surface area contributed by atoms with Crippen molar-refractivity contribution in [2.45, 2.75) is 69.0 Å². The number of hydrogen-bond acceptors (Lipinski definition) is 6.